The summed E-state index contributed by atoms with van der Waals surface area (Å²) in [6.07, 6.45) is 4.62. The molecule has 6 nitrogen and oxygen atoms in total. The summed E-state index contributed by atoms with van der Waals surface area (Å²) in [5.41, 5.74) is 2.47. The van der Waals surface area contributed by atoms with E-state index in [1.54, 1.807) is 37.5 Å². The lowest BCUT2D eigenvalue weighted by molar-refractivity contribution is -0.147. The van der Waals surface area contributed by atoms with Crippen molar-refractivity contribution in [2.24, 2.45) is 0 Å². The second-order valence-electron chi connectivity index (χ2n) is 7.39. The van der Waals surface area contributed by atoms with Gasteiger partial charge in [-0.15, -0.1) is 0 Å². The van der Waals surface area contributed by atoms with Gasteiger partial charge in [0, 0.05) is 40.9 Å². The predicted molar refractivity (Wildman–Crippen MR) is 127 cm³/mol. The molecule has 0 radical (unpaired) electrons. The van der Waals surface area contributed by atoms with Crippen molar-refractivity contribution >= 4 is 40.5 Å². The molecule has 0 atom stereocenters. The molecule has 4 aromatic rings. The summed E-state index contributed by atoms with van der Waals surface area (Å²) in [5.74, 6) is 0.355. The Labute approximate surface area is 196 Å². The second-order valence-corrected chi connectivity index (χ2v) is 7.82. The lowest BCUT2D eigenvalue weighted by atomic mass is 10.1. The zero-order chi connectivity index (χ0) is 23.2. The summed E-state index contributed by atoms with van der Waals surface area (Å²) in [4.78, 5) is 30.3. The van der Waals surface area contributed by atoms with E-state index in [-0.39, 0.29) is 19.1 Å². The van der Waals surface area contributed by atoms with E-state index in [2.05, 4.69) is 4.98 Å². The highest BCUT2D eigenvalue weighted by Crippen LogP contribution is 2.24. The van der Waals surface area contributed by atoms with Crippen LogP contribution in [-0.4, -0.2) is 35.4 Å². The van der Waals surface area contributed by atoms with E-state index in [1.165, 1.54) is 11.0 Å². The summed E-state index contributed by atoms with van der Waals surface area (Å²) < 4.78 is 10.9. The van der Waals surface area contributed by atoms with Crippen LogP contribution < -0.4 is 0 Å². The molecular weight excluding hydrogens is 440 g/mol. The second kappa shape index (κ2) is 10.1. The highest BCUT2D eigenvalue weighted by molar-refractivity contribution is 6.30. The molecule has 33 heavy (non-hydrogen) atoms. The van der Waals surface area contributed by atoms with E-state index < -0.39 is 5.97 Å². The van der Waals surface area contributed by atoms with Crippen molar-refractivity contribution in [1.29, 1.82) is 0 Å². The van der Waals surface area contributed by atoms with Gasteiger partial charge in [-0.25, -0.2) is 4.79 Å². The highest BCUT2D eigenvalue weighted by Gasteiger charge is 2.14. The number of ether oxygens (including phenoxy) is 1. The number of carbonyl (C=O) groups is 2. The van der Waals surface area contributed by atoms with Gasteiger partial charge in [-0.2, -0.15) is 0 Å². The van der Waals surface area contributed by atoms with Crippen molar-refractivity contribution in [3.63, 3.8) is 0 Å². The summed E-state index contributed by atoms with van der Waals surface area (Å²) in [7, 11) is 1.62. The number of aromatic nitrogens is 1. The first-order valence-corrected chi connectivity index (χ1v) is 10.6. The van der Waals surface area contributed by atoms with E-state index in [9.17, 15) is 9.59 Å². The van der Waals surface area contributed by atoms with Crippen LogP contribution in [0.5, 0.6) is 0 Å². The molecule has 4 rings (SSSR count). The number of para-hydroxylation sites is 1. The fraction of sp³-hybridized carbons (Fsp3) is 0.115. The van der Waals surface area contributed by atoms with Gasteiger partial charge in [-0.3, -0.25) is 9.78 Å². The number of hydrogen-bond acceptors (Lipinski definition) is 5. The van der Waals surface area contributed by atoms with E-state index >= 15 is 0 Å². The smallest absolute Gasteiger partial charge is 0.331 e. The maximum atomic E-state index is 12.4. The SMILES string of the molecule is CN(Cc1ccc(-c2ccc(Cl)cc2)o1)C(=O)COC(=O)C=Cc1cccc2cccnc12. The van der Waals surface area contributed by atoms with Crippen molar-refractivity contribution in [3.05, 3.63) is 95.3 Å². The number of furan rings is 1. The zero-order valence-electron chi connectivity index (χ0n) is 17.9. The molecule has 7 heteroatoms. The lowest BCUT2D eigenvalue weighted by Gasteiger charge is -2.15. The Balaban J connectivity index is 1.30. The Bertz CT molecular complexity index is 1310. The molecule has 2 aromatic carbocycles. The molecule has 2 heterocycles. The normalized spacial score (nSPS) is 11.1. The Morgan fingerprint density at radius 1 is 1.06 bits per heavy atom. The molecule has 0 aliphatic heterocycles. The van der Waals surface area contributed by atoms with Crippen LogP contribution in [0.2, 0.25) is 5.02 Å². The average Bonchev–Trinajstić information content (AvgIpc) is 3.30. The Kier molecular flexibility index (Phi) is 6.86. The van der Waals surface area contributed by atoms with Crippen LogP contribution in [0.3, 0.4) is 0 Å². The number of amides is 1. The predicted octanol–water partition coefficient (Wildman–Crippen LogP) is 5.36. The number of likely N-dealkylation sites (N-methyl/N-ethyl adjacent to an activating group) is 1. The molecule has 0 spiro atoms. The van der Waals surface area contributed by atoms with Crippen LogP contribution in [0.25, 0.3) is 28.3 Å². The molecule has 0 saturated carbocycles. The maximum absolute atomic E-state index is 12.4. The third kappa shape index (κ3) is 5.67. The molecule has 0 saturated heterocycles. The number of pyridine rings is 1. The van der Waals surface area contributed by atoms with Gasteiger partial charge in [0.2, 0.25) is 0 Å². The van der Waals surface area contributed by atoms with Crippen molar-refractivity contribution in [3.8, 4) is 11.3 Å². The number of nitrogens with zero attached hydrogens (tertiary/aromatic N) is 2. The number of fused-ring (bicyclic) bond motifs is 1. The third-order valence-corrected chi connectivity index (χ3v) is 5.26. The Hall–Kier alpha value is -3.90. The van der Waals surface area contributed by atoms with Crippen molar-refractivity contribution in [2.75, 3.05) is 13.7 Å². The molecule has 0 aliphatic rings. The molecule has 0 N–H and O–H groups in total. The molecule has 0 unspecified atom stereocenters. The zero-order valence-corrected chi connectivity index (χ0v) is 18.7. The van der Waals surface area contributed by atoms with Gasteiger partial charge >= 0.3 is 5.97 Å². The van der Waals surface area contributed by atoms with Crippen LogP contribution >= 0.6 is 11.6 Å². The minimum atomic E-state index is -0.604. The molecule has 0 aliphatic carbocycles. The fourth-order valence-electron chi connectivity index (χ4n) is 3.27. The summed E-state index contributed by atoms with van der Waals surface area (Å²) in [6, 6.07) is 20.4. The van der Waals surface area contributed by atoms with Gasteiger partial charge in [-0.1, -0.05) is 35.9 Å². The average molecular weight is 461 g/mol. The highest BCUT2D eigenvalue weighted by atomic mass is 35.5. The van der Waals surface area contributed by atoms with Gasteiger partial charge in [-0.05, 0) is 48.5 Å². The largest absolute Gasteiger partial charge is 0.459 e. The van der Waals surface area contributed by atoms with Crippen molar-refractivity contribution < 1.29 is 18.7 Å². The van der Waals surface area contributed by atoms with Gasteiger partial charge in [0.15, 0.2) is 6.61 Å². The first-order valence-electron chi connectivity index (χ1n) is 10.3. The summed E-state index contributed by atoms with van der Waals surface area (Å²) >= 11 is 5.92. The van der Waals surface area contributed by atoms with Gasteiger partial charge in [0.25, 0.3) is 5.91 Å². The van der Waals surface area contributed by atoms with Crippen molar-refractivity contribution in [2.45, 2.75) is 6.54 Å². The lowest BCUT2D eigenvalue weighted by Crippen LogP contribution is -2.30. The van der Waals surface area contributed by atoms with Gasteiger partial charge in [0.05, 0.1) is 12.1 Å². The van der Waals surface area contributed by atoms with E-state index in [0.29, 0.717) is 16.5 Å². The molecule has 0 fully saturated rings. The minimum absolute atomic E-state index is 0.251. The van der Waals surface area contributed by atoms with Crippen LogP contribution in [0.4, 0.5) is 0 Å². The molecule has 166 valence electrons. The fourth-order valence-corrected chi connectivity index (χ4v) is 3.39. The van der Waals surface area contributed by atoms with E-state index in [1.807, 2.05) is 48.5 Å². The quantitative estimate of drug-likeness (QED) is 0.274. The number of benzene rings is 2. The first kappa shape index (κ1) is 22.3. The van der Waals surface area contributed by atoms with Crippen LogP contribution in [0.1, 0.15) is 11.3 Å². The molecule has 1 amide bonds. The number of rotatable bonds is 7. The topological polar surface area (TPSA) is 72.6 Å². The standard InChI is InChI=1S/C26H21ClN2O4/c1-29(16-22-12-13-23(33-22)18-7-10-21(27)11-8-18)24(30)17-32-25(31)14-9-20-5-2-4-19-6-3-15-28-26(19)20/h2-15H,16-17H2,1H3. The van der Waals surface area contributed by atoms with Gasteiger partial charge in [0.1, 0.15) is 11.5 Å². The van der Waals surface area contributed by atoms with E-state index in [4.69, 9.17) is 20.8 Å². The monoisotopic (exact) mass is 460 g/mol. The molecule has 0 bridgehead atoms. The Morgan fingerprint density at radius 2 is 1.85 bits per heavy atom. The van der Waals surface area contributed by atoms with Gasteiger partial charge < -0.3 is 14.1 Å². The molecule has 2 aromatic heterocycles. The van der Waals surface area contributed by atoms with Crippen molar-refractivity contribution in [1.82, 2.24) is 9.88 Å². The summed E-state index contributed by atoms with van der Waals surface area (Å²) in [5, 5.41) is 1.62. The van der Waals surface area contributed by atoms with Crippen LogP contribution in [-0.2, 0) is 20.9 Å². The maximum Gasteiger partial charge on any atom is 0.331 e. The van der Waals surface area contributed by atoms with Crippen LogP contribution in [0.15, 0.2) is 83.4 Å². The third-order valence-electron chi connectivity index (χ3n) is 5.01. The Morgan fingerprint density at radius 3 is 2.67 bits per heavy atom. The van der Waals surface area contributed by atoms with Crippen LogP contribution in [0, 0.1) is 0 Å². The number of halogens is 1. The molecular formula is C26H21ClN2O4. The number of carbonyl (C=O) groups excluding carboxylic acids is 2. The summed E-state index contributed by atoms with van der Waals surface area (Å²) in [6.45, 7) is -0.111. The van der Waals surface area contributed by atoms with E-state index in [0.717, 1.165) is 22.0 Å². The first-order chi connectivity index (χ1) is 16.0. The number of hydrogen-bond donors (Lipinski definition) is 0. The number of esters is 1. The minimum Gasteiger partial charge on any atom is -0.459 e.